The van der Waals surface area contributed by atoms with Crippen molar-refractivity contribution in [3.05, 3.63) is 227 Å². The maximum absolute atomic E-state index is 2.58. The second-order valence-electron chi connectivity index (χ2n) is 15.6. The van der Waals surface area contributed by atoms with E-state index in [4.69, 9.17) is 0 Å². The zero-order chi connectivity index (χ0) is 35.3. The summed E-state index contributed by atoms with van der Waals surface area (Å²) in [5.74, 6) is 0.444. The van der Waals surface area contributed by atoms with Crippen molar-refractivity contribution in [2.75, 3.05) is 4.90 Å². The van der Waals surface area contributed by atoms with Gasteiger partial charge in [0.15, 0.2) is 0 Å². The molecule has 2 unspecified atom stereocenters. The molecular formula is C52H39N. The third-order valence-electron chi connectivity index (χ3n) is 12.8. The fourth-order valence-corrected chi connectivity index (χ4v) is 10.5. The number of anilines is 2. The number of para-hydroxylation sites is 1. The second kappa shape index (κ2) is 11.2. The van der Waals surface area contributed by atoms with Crippen LogP contribution < -0.4 is 4.90 Å². The number of nitrogens with zero attached hydrogens (tertiary/aromatic N) is 1. The van der Waals surface area contributed by atoms with Gasteiger partial charge in [0.25, 0.3) is 0 Å². The lowest BCUT2D eigenvalue weighted by Gasteiger charge is -2.38. The summed E-state index contributed by atoms with van der Waals surface area (Å²) >= 11 is 0. The highest BCUT2D eigenvalue weighted by atomic mass is 15.2. The largest absolute Gasteiger partial charge is 0.310 e. The van der Waals surface area contributed by atoms with Crippen LogP contribution in [0.3, 0.4) is 0 Å². The maximum Gasteiger partial charge on any atom is 0.0539 e. The SMILES string of the molecule is CC1(C)c2ccccc2-c2ccc(N(C3=CC4c5ccccc5C5(c6ccccc6-c6ccccc65)C4C=C3)c3ccccc3-c3ccccc3)cc21. The highest BCUT2D eigenvalue weighted by molar-refractivity contribution is 5.90. The number of hydrogen-bond acceptors (Lipinski definition) is 1. The Morgan fingerprint density at radius 3 is 1.74 bits per heavy atom. The van der Waals surface area contributed by atoms with Crippen LogP contribution in [0.25, 0.3) is 33.4 Å². The first kappa shape index (κ1) is 30.4. The first-order valence-corrected chi connectivity index (χ1v) is 18.9. The molecule has 0 saturated carbocycles. The molecule has 7 aromatic carbocycles. The van der Waals surface area contributed by atoms with Crippen molar-refractivity contribution >= 4 is 11.4 Å². The quantitative estimate of drug-likeness (QED) is 0.179. The van der Waals surface area contributed by atoms with E-state index in [0.29, 0.717) is 0 Å². The van der Waals surface area contributed by atoms with Gasteiger partial charge in [-0.05, 0) is 85.5 Å². The molecule has 4 aliphatic rings. The predicted molar refractivity (Wildman–Crippen MR) is 220 cm³/mol. The number of benzene rings is 7. The van der Waals surface area contributed by atoms with Crippen molar-refractivity contribution in [3.8, 4) is 33.4 Å². The van der Waals surface area contributed by atoms with Gasteiger partial charge >= 0.3 is 0 Å². The number of fused-ring (bicyclic) bond motifs is 13. The fraction of sp³-hybridized carbons (Fsp3) is 0.115. The maximum atomic E-state index is 2.58. The van der Waals surface area contributed by atoms with E-state index >= 15 is 0 Å². The van der Waals surface area contributed by atoms with Crippen LogP contribution in [0.15, 0.2) is 194 Å². The molecule has 0 radical (unpaired) electrons. The van der Waals surface area contributed by atoms with Crippen molar-refractivity contribution in [1.29, 1.82) is 0 Å². The average Bonchev–Trinajstić information content (AvgIpc) is 3.77. The van der Waals surface area contributed by atoms with Crippen molar-refractivity contribution in [1.82, 2.24) is 0 Å². The third kappa shape index (κ3) is 4.08. The Hall–Kier alpha value is -6.18. The zero-order valence-electron chi connectivity index (χ0n) is 30.0. The number of hydrogen-bond donors (Lipinski definition) is 0. The second-order valence-corrected chi connectivity index (χ2v) is 15.6. The van der Waals surface area contributed by atoms with Crippen LogP contribution in [0.2, 0.25) is 0 Å². The highest BCUT2D eigenvalue weighted by Gasteiger charge is 2.57. The summed E-state index contributed by atoms with van der Waals surface area (Å²) < 4.78 is 0. The van der Waals surface area contributed by atoms with Gasteiger partial charge in [0, 0.05) is 34.2 Å². The van der Waals surface area contributed by atoms with Crippen LogP contribution in [0.5, 0.6) is 0 Å². The lowest BCUT2D eigenvalue weighted by atomic mass is 9.65. The summed E-state index contributed by atoms with van der Waals surface area (Å²) in [5, 5.41) is 0. The molecule has 1 heteroatoms. The molecule has 0 aliphatic heterocycles. The summed E-state index contributed by atoms with van der Waals surface area (Å²) in [6.45, 7) is 4.75. The Bertz CT molecular complexity index is 2630. The minimum absolute atomic E-state index is 0.103. The Labute approximate surface area is 312 Å². The Balaban J connectivity index is 1.13. The molecular weight excluding hydrogens is 639 g/mol. The molecule has 1 nitrogen and oxygen atoms in total. The van der Waals surface area contributed by atoms with Crippen LogP contribution in [0, 0.1) is 5.92 Å². The van der Waals surface area contributed by atoms with Gasteiger partial charge in [-0.25, -0.2) is 0 Å². The van der Waals surface area contributed by atoms with Gasteiger partial charge in [0.2, 0.25) is 0 Å². The minimum Gasteiger partial charge on any atom is -0.310 e. The number of rotatable bonds is 4. The van der Waals surface area contributed by atoms with Crippen LogP contribution in [-0.4, -0.2) is 0 Å². The smallest absolute Gasteiger partial charge is 0.0539 e. The van der Waals surface area contributed by atoms with Crippen LogP contribution >= 0.6 is 0 Å². The summed E-state index contributed by atoms with van der Waals surface area (Å²) in [4.78, 5) is 2.53. The Kier molecular flexibility index (Phi) is 6.41. The predicted octanol–water partition coefficient (Wildman–Crippen LogP) is 13.0. The molecule has 0 N–H and O–H groups in total. The first-order chi connectivity index (χ1) is 26.1. The molecule has 0 fully saturated rings. The molecule has 2 atom stereocenters. The first-order valence-electron chi connectivity index (χ1n) is 18.9. The van der Waals surface area contributed by atoms with Gasteiger partial charge in [-0.3, -0.25) is 0 Å². The minimum atomic E-state index is -0.247. The van der Waals surface area contributed by atoms with Crippen molar-refractivity contribution in [2.24, 2.45) is 5.92 Å². The van der Waals surface area contributed by atoms with Crippen molar-refractivity contribution < 1.29 is 0 Å². The zero-order valence-corrected chi connectivity index (χ0v) is 30.0. The molecule has 0 aromatic heterocycles. The van der Waals surface area contributed by atoms with E-state index in [-0.39, 0.29) is 22.7 Å². The van der Waals surface area contributed by atoms with E-state index in [2.05, 4.69) is 207 Å². The molecule has 4 aliphatic carbocycles. The molecule has 53 heavy (non-hydrogen) atoms. The standard InChI is InChI=1S/C52H39N/c1-51(2)44-23-11-6-19-38(44)42-30-28-36(33-49(42)51)53(50-27-15-10-18-37(50)34-16-4-3-5-17-34)35-29-31-48-43(32-35)41-22-9-14-26-47(41)52(48)45-24-12-7-20-39(45)40-21-8-13-25-46(40)52/h3-33,43,48H,1-2H3. The lowest BCUT2D eigenvalue weighted by Crippen LogP contribution is -2.33. The van der Waals surface area contributed by atoms with Gasteiger partial charge in [-0.1, -0.05) is 178 Å². The summed E-state index contributed by atoms with van der Waals surface area (Å²) in [6.07, 6.45) is 7.55. The van der Waals surface area contributed by atoms with E-state index in [1.54, 1.807) is 0 Å². The van der Waals surface area contributed by atoms with Crippen LogP contribution in [0.4, 0.5) is 11.4 Å². The normalized spacial score (nSPS) is 18.7. The third-order valence-corrected chi connectivity index (χ3v) is 12.8. The van der Waals surface area contributed by atoms with Gasteiger partial charge < -0.3 is 4.90 Å². The molecule has 0 amide bonds. The summed E-state index contributed by atoms with van der Waals surface area (Å²) in [5.41, 5.74) is 19.5. The van der Waals surface area contributed by atoms with E-state index in [0.717, 1.165) is 0 Å². The molecule has 7 aromatic rings. The van der Waals surface area contributed by atoms with Gasteiger partial charge in [-0.15, -0.1) is 0 Å². The Morgan fingerprint density at radius 1 is 0.472 bits per heavy atom. The monoisotopic (exact) mass is 677 g/mol. The molecule has 0 bridgehead atoms. The Morgan fingerprint density at radius 2 is 1.02 bits per heavy atom. The van der Waals surface area contributed by atoms with E-state index in [9.17, 15) is 0 Å². The van der Waals surface area contributed by atoms with E-state index in [1.807, 2.05) is 0 Å². The molecule has 252 valence electrons. The van der Waals surface area contributed by atoms with E-state index < -0.39 is 0 Å². The summed E-state index contributed by atoms with van der Waals surface area (Å²) in [7, 11) is 0. The molecule has 11 rings (SSSR count). The van der Waals surface area contributed by atoms with E-state index in [1.165, 1.54) is 83.8 Å². The topological polar surface area (TPSA) is 3.24 Å². The fourth-order valence-electron chi connectivity index (χ4n) is 10.5. The van der Waals surface area contributed by atoms with Gasteiger partial charge in [-0.2, -0.15) is 0 Å². The average molecular weight is 678 g/mol. The van der Waals surface area contributed by atoms with Crippen molar-refractivity contribution in [2.45, 2.75) is 30.6 Å². The van der Waals surface area contributed by atoms with Gasteiger partial charge in [0.05, 0.1) is 11.1 Å². The van der Waals surface area contributed by atoms with Crippen molar-refractivity contribution in [3.63, 3.8) is 0 Å². The summed E-state index contributed by atoms with van der Waals surface area (Å²) in [6, 6.07) is 63.4. The molecule has 0 saturated heterocycles. The van der Waals surface area contributed by atoms with Crippen LogP contribution in [-0.2, 0) is 10.8 Å². The highest BCUT2D eigenvalue weighted by Crippen LogP contribution is 2.65. The van der Waals surface area contributed by atoms with Gasteiger partial charge in [0.1, 0.15) is 0 Å². The number of allylic oxidation sites excluding steroid dienone is 3. The molecule has 0 heterocycles. The molecule has 1 spiro atoms. The van der Waals surface area contributed by atoms with Crippen LogP contribution in [0.1, 0.15) is 53.1 Å². The lowest BCUT2D eigenvalue weighted by molar-refractivity contribution is 0.463.